The van der Waals surface area contributed by atoms with Crippen molar-refractivity contribution in [3.63, 3.8) is 0 Å². The average Bonchev–Trinajstić information content (AvgIpc) is 3.29. The van der Waals surface area contributed by atoms with Gasteiger partial charge in [-0.25, -0.2) is 8.42 Å². The Morgan fingerprint density at radius 3 is 2.77 bits per heavy atom. The molecule has 0 aliphatic heterocycles. The van der Waals surface area contributed by atoms with Crippen molar-refractivity contribution in [3.8, 4) is 0 Å². The van der Waals surface area contributed by atoms with Crippen molar-refractivity contribution in [3.05, 3.63) is 71.4 Å². The molecule has 3 aromatic heterocycles. The molecule has 0 spiro atoms. The van der Waals surface area contributed by atoms with Crippen molar-refractivity contribution < 1.29 is 8.42 Å². The fraction of sp³-hybridized carbons (Fsp3) is 0.111. The van der Waals surface area contributed by atoms with Crippen LogP contribution in [0.1, 0.15) is 11.3 Å². The van der Waals surface area contributed by atoms with E-state index in [0.29, 0.717) is 0 Å². The largest absolute Gasteiger partial charge is 0.280 e. The van der Waals surface area contributed by atoms with Crippen molar-refractivity contribution in [1.29, 1.82) is 0 Å². The van der Waals surface area contributed by atoms with E-state index >= 15 is 0 Å². The summed E-state index contributed by atoms with van der Waals surface area (Å²) in [5.41, 5.74) is 2.88. The van der Waals surface area contributed by atoms with Crippen LogP contribution in [0.15, 0.2) is 65.0 Å². The number of pyridine rings is 1. The quantitative estimate of drug-likeness (QED) is 0.532. The molecule has 4 rings (SSSR count). The summed E-state index contributed by atoms with van der Waals surface area (Å²) in [6.45, 7) is 0. The van der Waals surface area contributed by atoms with E-state index in [1.165, 1.54) is 23.1 Å². The van der Waals surface area contributed by atoms with Crippen LogP contribution < -0.4 is 4.72 Å². The molecule has 0 amide bonds. The second-order valence-corrected chi connectivity index (χ2v) is 8.47. The third-order valence-electron chi connectivity index (χ3n) is 3.98. The Labute approximate surface area is 155 Å². The van der Waals surface area contributed by atoms with E-state index in [2.05, 4.69) is 32.0 Å². The zero-order chi connectivity index (χ0) is 18.0. The highest BCUT2D eigenvalue weighted by atomic mass is 32.2. The van der Waals surface area contributed by atoms with Crippen LogP contribution in [0.4, 0.5) is 5.82 Å². The summed E-state index contributed by atoms with van der Waals surface area (Å²) >= 11 is 1.46. The number of rotatable bonds is 6. The standard InChI is InChI=1S/C18H16N4O2S2/c23-26(24,15-11-17-16(19-12-15)8-9-25-17)22-18-10-14(20-21-18)7-6-13-4-2-1-3-5-13/h1-5,8-12H,6-7H2,(H2,20,21,22). The molecule has 1 aromatic carbocycles. The normalized spacial score (nSPS) is 11.7. The molecule has 0 unspecified atom stereocenters. The molecule has 0 aliphatic rings. The Bertz CT molecular complexity index is 1130. The number of nitrogens with zero attached hydrogens (tertiary/aromatic N) is 2. The van der Waals surface area contributed by atoms with Crippen LogP contribution in [-0.2, 0) is 22.9 Å². The Morgan fingerprint density at radius 1 is 1.08 bits per heavy atom. The Morgan fingerprint density at radius 2 is 1.92 bits per heavy atom. The van der Waals surface area contributed by atoms with Crippen molar-refractivity contribution in [2.45, 2.75) is 17.7 Å². The number of aromatic nitrogens is 3. The average molecular weight is 384 g/mol. The maximum atomic E-state index is 12.6. The Hall–Kier alpha value is -2.71. The molecule has 3 heterocycles. The highest BCUT2D eigenvalue weighted by Crippen LogP contribution is 2.23. The summed E-state index contributed by atoms with van der Waals surface area (Å²) in [6, 6.07) is 15.3. The SMILES string of the molecule is O=S(=O)(Nc1cc(CCc2ccccc2)[nH]n1)c1cnc2ccsc2c1. The van der Waals surface area contributed by atoms with Gasteiger partial charge >= 0.3 is 0 Å². The third kappa shape index (κ3) is 3.61. The van der Waals surface area contributed by atoms with Gasteiger partial charge in [-0.05, 0) is 35.9 Å². The molecule has 0 atom stereocenters. The number of aryl methyl sites for hydroxylation is 2. The minimum Gasteiger partial charge on any atom is -0.280 e. The van der Waals surface area contributed by atoms with E-state index in [0.717, 1.165) is 28.8 Å². The number of fused-ring (bicyclic) bond motifs is 1. The van der Waals surface area contributed by atoms with Gasteiger partial charge in [-0.2, -0.15) is 5.10 Å². The summed E-state index contributed by atoms with van der Waals surface area (Å²) in [6.07, 6.45) is 2.97. The summed E-state index contributed by atoms with van der Waals surface area (Å²) in [4.78, 5) is 4.31. The number of aromatic amines is 1. The summed E-state index contributed by atoms with van der Waals surface area (Å²) in [5, 5.41) is 8.83. The fourth-order valence-corrected chi connectivity index (χ4v) is 4.45. The first kappa shape index (κ1) is 16.7. The van der Waals surface area contributed by atoms with Gasteiger partial charge in [-0.1, -0.05) is 30.3 Å². The Kier molecular flexibility index (Phi) is 4.44. The molecule has 0 aliphatic carbocycles. The van der Waals surface area contributed by atoms with E-state index in [9.17, 15) is 8.42 Å². The minimum absolute atomic E-state index is 0.126. The number of sulfonamides is 1. The molecule has 2 N–H and O–H groups in total. The second kappa shape index (κ2) is 6.89. The summed E-state index contributed by atoms with van der Waals surface area (Å²) < 4.78 is 28.4. The lowest BCUT2D eigenvalue weighted by Gasteiger charge is -2.04. The maximum Gasteiger partial charge on any atom is 0.264 e. The van der Waals surface area contributed by atoms with Gasteiger partial charge in [-0.15, -0.1) is 11.3 Å². The van der Waals surface area contributed by atoms with E-state index in [-0.39, 0.29) is 10.7 Å². The van der Waals surface area contributed by atoms with Crippen LogP contribution in [-0.4, -0.2) is 23.6 Å². The maximum absolute atomic E-state index is 12.6. The molecule has 4 aromatic rings. The summed E-state index contributed by atoms with van der Waals surface area (Å²) in [5.74, 6) is 0.277. The zero-order valence-corrected chi connectivity index (χ0v) is 15.3. The van der Waals surface area contributed by atoms with Crippen LogP contribution in [0.2, 0.25) is 0 Å². The first-order chi connectivity index (χ1) is 12.6. The molecule has 0 radical (unpaired) electrons. The van der Waals surface area contributed by atoms with E-state index in [1.54, 1.807) is 12.1 Å². The molecule has 0 saturated carbocycles. The molecule has 0 bridgehead atoms. The highest BCUT2D eigenvalue weighted by Gasteiger charge is 2.17. The number of benzene rings is 1. The second-order valence-electron chi connectivity index (χ2n) is 5.84. The molecule has 0 saturated heterocycles. The number of nitrogens with one attached hydrogen (secondary N) is 2. The van der Waals surface area contributed by atoms with Gasteiger partial charge in [0.05, 0.1) is 10.2 Å². The lowest BCUT2D eigenvalue weighted by Crippen LogP contribution is -2.13. The van der Waals surface area contributed by atoms with Crippen molar-refractivity contribution in [2.75, 3.05) is 4.72 Å². The first-order valence-corrected chi connectivity index (χ1v) is 10.4. The van der Waals surface area contributed by atoms with Crippen molar-refractivity contribution in [1.82, 2.24) is 15.2 Å². The van der Waals surface area contributed by atoms with Gasteiger partial charge in [0.15, 0.2) is 5.82 Å². The number of anilines is 1. The predicted octanol–water partition coefficient (Wildman–Crippen LogP) is 3.61. The smallest absolute Gasteiger partial charge is 0.264 e. The fourth-order valence-electron chi connectivity index (χ4n) is 2.64. The molecular weight excluding hydrogens is 368 g/mol. The molecule has 8 heteroatoms. The van der Waals surface area contributed by atoms with Crippen LogP contribution in [0.3, 0.4) is 0 Å². The molecule has 0 fully saturated rings. The topological polar surface area (TPSA) is 87.7 Å². The van der Waals surface area contributed by atoms with Gasteiger partial charge in [0, 0.05) is 18.0 Å². The lowest BCUT2D eigenvalue weighted by molar-refractivity contribution is 0.601. The van der Waals surface area contributed by atoms with E-state index in [1.807, 2.05) is 29.6 Å². The van der Waals surface area contributed by atoms with Gasteiger partial charge < -0.3 is 0 Å². The highest BCUT2D eigenvalue weighted by molar-refractivity contribution is 7.92. The summed E-state index contributed by atoms with van der Waals surface area (Å²) in [7, 11) is -3.72. The van der Waals surface area contributed by atoms with Gasteiger partial charge in [-0.3, -0.25) is 14.8 Å². The van der Waals surface area contributed by atoms with Crippen LogP contribution >= 0.6 is 11.3 Å². The number of hydrogen-bond donors (Lipinski definition) is 2. The number of H-pyrrole nitrogens is 1. The molecule has 26 heavy (non-hydrogen) atoms. The van der Waals surface area contributed by atoms with E-state index < -0.39 is 10.0 Å². The lowest BCUT2D eigenvalue weighted by atomic mass is 10.1. The Balaban J connectivity index is 1.47. The van der Waals surface area contributed by atoms with Gasteiger partial charge in [0.1, 0.15) is 4.90 Å². The first-order valence-electron chi connectivity index (χ1n) is 8.04. The number of hydrogen-bond acceptors (Lipinski definition) is 5. The zero-order valence-electron chi connectivity index (χ0n) is 13.7. The van der Waals surface area contributed by atoms with E-state index in [4.69, 9.17) is 0 Å². The molecule has 132 valence electrons. The van der Waals surface area contributed by atoms with Crippen molar-refractivity contribution >= 4 is 37.4 Å². The van der Waals surface area contributed by atoms with Gasteiger partial charge in [0.25, 0.3) is 10.0 Å². The van der Waals surface area contributed by atoms with Crippen LogP contribution in [0, 0.1) is 0 Å². The molecular formula is C18H16N4O2S2. The monoisotopic (exact) mass is 384 g/mol. The van der Waals surface area contributed by atoms with Crippen LogP contribution in [0.5, 0.6) is 0 Å². The predicted molar refractivity (Wildman–Crippen MR) is 103 cm³/mol. The third-order valence-corrected chi connectivity index (χ3v) is 6.16. The van der Waals surface area contributed by atoms with Gasteiger partial charge in [0.2, 0.25) is 0 Å². The van der Waals surface area contributed by atoms with Crippen LogP contribution in [0.25, 0.3) is 10.2 Å². The molecule has 6 nitrogen and oxygen atoms in total. The van der Waals surface area contributed by atoms with Crippen molar-refractivity contribution in [2.24, 2.45) is 0 Å². The number of thiophene rings is 1. The minimum atomic E-state index is -3.72.